The lowest BCUT2D eigenvalue weighted by Gasteiger charge is -2.13. The van der Waals surface area contributed by atoms with E-state index in [2.05, 4.69) is 20.4 Å². The molecule has 2 atom stereocenters. The molecule has 0 aromatic rings. The van der Waals surface area contributed by atoms with Crippen LogP contribution in [0.1, 0.15) is 71.6 Å². The fraction of sp³-hybridized carbons (Fsp3) is 0.812. The van der Waals surface area contributed by atoms with E-state index in [0.717, 1.165) is 12.3 Å². The highest BCUT2D eigenvalue weighted by atomic mass is 16.2. The minimum absolute atomic E-state index is 0.160. The quantitative estimate of drug-likeness (QED) is 0.391. The van der Waals surface area contributed by atoms with E-state index in [1.54, 1.807) is 11.1 Å². The summed E-state index contributed by atoms with van der Waals surface area (Å²) in [5.41, 5.74) is 0. The lowest BCUT2D eigenvalue weighted by atomic mass is 9.93. The molecule has 0 aliphatic carbocycles. The van der Waals surface area contributed by atoms with Crippen LogP contribution in [0.2, 0.25) is 0 Å². The molecule has 1 heterocycles. The van der Waals surface area contributed by atoms with Crippen molar-refractivity contribution in [3.63, 3.8) is 0 Å². The monoisotopic (exact) mass is 251 g/mol. The molecule has 104 valence electrons. The van der Waals surface area contributed by atoms with Crippen molar-refractivity contribution in [1.29, 1.82) is 0 Å². The van der Waals surface area contributed by atoms with Crippen LogP contribution in [-0.4, -0.2) is 16.8 Å². The van der Waals surface area contributed by atoms with E-state index in [-0.39, 0.29) is 11.9 Å². The first-order valence-corrected chi connectivity index (χ1v) is 7.69. The average Bonchev–Trinajstić information content (AvgIpc) is 3.01. The number of unbranched alkanes of at least 4 members (excludes halogenated alkanes) is 5. The number of hydrogen-bond donors (Lipinski definition) is 0. The Hall–Kier alpha value is -0.790. The molecule has 0 N–H and O–H groups in total. The van der Waals surface area contributed by atoms with E-state index in [4.69, 9.17) is 0 Å². The van der Waals surface area contributed by atoms with E-state index >= 15 is 0 Å². The molecule has 1 aliphatic heterocycles. The van der Waals surface area contributed by atoms with Gasteiger partial charge in [-0.2, -0.15) is 0 Å². The number of amides is 1. The minimum atomic E-state index is 0.160. The minimum Gasteiger partial charge on any atom is -0.305 e. The van der Waals surface area contributed by atoms with Crippen molar-refractivity contribution in [2.75, 3.05) is 0 Å². The first-order valence-electron chi connectivity index (χ1n) is 7.69. The highest BCUT2D eigenvalue weighted by Crippen LogP contribution is 2.30. The van der Waals surface area contributed by atoms with Gasteiger partial charge < -0.3 is 4.90 Å². The van der Waals surface area contributed by atoms with Gasteiger partial charge in [0, 0.05) is 6.20 Å². The molecule has 1 saturated heterocycles. The molecule has 0 saturated carbocycles. The molecule has 0 aromatic carbocycles. The Kier molecular flexibility index (Phi) is 7.07. The molecule has 0 spiro atoms. The molecular formula is C16H29NO. The second-order valence-corrected chi connectivity index (χ2v) is 5.51. The molecule has 2 unspecified atom stereocenters. The summed E-state index contributed by atoms with van der Waals surface area (Å²) in [7, 11) is 0. The van der Waals surface area contributed by atoms with Gasteiger partial charge in [-0.05, 0) is 12.3 Å². The first-order chi connectivity index (χ1) is 8.74. The topological polar surface area (TPSA) is 20.1 Å². The number of nitrogens with zero attached hydrogens (tertiary/aromatic N) is 1. The summed E-state index contributed by atoms with van der Waals surface area (Å²) in [6.45, 7) is 8.16. The normalized spacial score (nSPS) is 20.0. The lowest BCUT2D eigenvalue weighted by Crippen LogP contribution is -2.05. The van der Waals surface area contributed by atoms with Gasteiger partial charge in [0.2, 0.25) is 5.91 Å². The van der Waals surface area contributed by atoms with Crippen LogP contribution in [-0.2, 0) is 4.79 Å². The molecule has 1 fully saturated rings. The zero-order chi connectivity index (χ0) is 13.4. The van der Waals surface area contributed by atoms with Crippen molar-refractivity contribution in [3.8, 4) is 0 Å². The maximum absolute atomic E-state index is 11.4. The van der Waals surface area contributed by atoms with Crippen LogP contribution in [0.25, 0.3) is 0 Å². The van der Waals surface area contributed by atoms with Crippen LogP contribution in [0.4, 0.5) is 0 Å². The summed E-state index contributed by atoms with van der Waals surface area (Å²) < 4.78 is 0. The van der Waals surface area contributed by atoms with Crippen molar-refractivity contribution < 1.29 is 4.79 Å². The van der Waals surface area contributed by atoms with Crippen molar-refractivity contribution in [2.24, 2.45) is 5.92 Å². The number of carbonyl (C=O) groups excluding carboxylic acids is 1. The fourth-order valence-corrected chi connectivity index (χ4v) is 2.68. The highest BCUT2D eigenvalue weighted by Gasteiger charge is 2.44. The van der Waals surface area contributed by atoms with E-state index in [0.29, 0.717) is 0 Å². The SMILES string of the molecule is C=CN1C(=O)C1CC(CC)CCCCCCCC. The number of hydrogen-bond acceptors (Lipinski definition) is 1. The highest BCUT2D eigenvalue weighted by molar-refractivity contribution is 5.97. The Morgan fingerprint density at radius 3 is 2.44 bits per heavy atom. The number of rotatable bonds is 11. The van der Waals surface area contributed by atoms with Gasteiger partial charge >= 0.3 is 0 Å². The van der Waals surface area contributed by atoms with Crippen LogP contribution in [0.15, 0.2) is 12.8 Å². The van der Waals surface area contributed by atoms with Crippen LogP contribution < -0.4 is 0 Å². The molecule has 0 radical (unpaired) electrons. The van der Waals surface area contributed by atoms with E-state index in [9.17, 15) is 4.79 Å². The molecular weight excluding hydrogens is 222 g/mol. The van der Waals surface area contributed by atoms with Gasteiger partial charge in [-0.25, -0.2) is 0 Å². The zero-order valence-corrected chi connectivity index (χ0v) is 12.2. The van der Waals surface area contributed by atoms with Crippen LogP contribution in [0.5, 0.6) is 0 Å². The fourth-order valence-electron chi connectivity index (χ4n) is 2.68. The Balaban J connectivity index is 2.07. The Labute approximate surface area is 112 Å². The van der Waals surface area contributed by atoms with Crippen LogP contribution >= 0.6 is 0 Å². The van der Waals surface area contributed by atoms with E-state index < -0.39 is 0 Å². The summed E-state index contributed by atoms with van der Waals surface area (Å²) in [4.78, 5) is 13.2. The maximum Gasteiger partial charge on any atom is 0.250 e. The smallest absolute Gasteiger partial charge is 0.250 e. The predicted octanol–water partition coefficient (Wildman–Crippen LogP) is 4.51. The largest absolute Gasteiger partial charge is 0.305 e. The third kappa shape index (κ3) is 4.83. The van der Waals surface area contributed by atoms with Crippen molar-refractivity contribution >= 4 is 5.91 Å². The summed E-state index contributed by atoms with van der Waals surface area (Å²) in [5, 5.41) is 0. The third-order valence-electron chi connectivity index (χ3n) is 4.10. The molecule has 1 amide bonds. The Morgan fingerprint density at radius 2 is 1.89 bits per heavy atom. The molecule has 1 rings (SSSR count). The lowest BCUT2D eigenvalue weighted by molar-refractivity contribution is -0.113. The zero-order valence-electron chi connectivity index (χ0n) is 12.2. The van der Waals surface area contributed by atoms with Crippen LogP contribution in [0, 0.1) is 5.92 Å². The molecule has 2 nitrogen and oxygen atoms in total. The van der Waals surface area contributed by atoms with E-state index in [1.807, 2.05) is 0 Å². The van der Waals surface area contributed by atoms with Crippen molar-refractivity contribution in [3.05, 3.63) is 12.8 Å². The second-order valence-electron chi connectivity index (χ2n) is 5.51. The average molecular weight is 251 g/mol. The first kappa shape index (κ1) is 15.3. The summed E-state index contributed by atoms with van der Waals surface area (Å²) in [6.07, 6.45) is 13.4. The second kappa shape index (κ2) is 8.34. The van der Waals surface area contributed by atoms with Crippen molar-refractivity contribution in [1.82, 2.24) is 4.90 Å². The Bertz CT molecular complexity index is 262. The standard InChI is InChI=1S/C16H29NO/c1-4-7-8-9-10-11-12-14(5-2)13-15-16(18)17(15)6-3/h6,14-15H,3-5,7-13H2,1-2H3. The molecule has 2 heteroatoms. The van der Waals surface area contributed by atoms with Gasteiger partial charge in [0.25, 0.3) is 0 Å². The van der Waals surface area contributed by atoms with Gasteiger partial charge in [-0.15, -0.1) is 0 Å². The summed E-state index contributed by atoms with van der Waals surface area (Å²) in [5.74, 6) is 0.987. The van der Waals surface area contributed by atoms with Gasteiger partial charge in [-0.1, -0.05) is 71.8 Å². The maximum atomic E-state index is 11.4. The molecule has 1 aliphatic rings. The van der Waals surface area contributed by atoms with Gasteiger partial charge in [-0.3, -0.25) is 4.79 Å². The number of carbonyl (C=O) groups is 1. The molecule has 0 aromatic heterocycles. The summed E-state index contributed by atoms with van der Waals surface area (Å²) >= 11 is 0. The van der Waals surface area contributed by atoms with Gasteiger partial charge in [0.15, 0.2) is 0 Å². The van der Waals surface area contributed by atoms with Crippen molar-refractivity contribution in [2.45, 2.75) is 77.7 Å². The third-order valence-corrected chi connectivity index (χ3v) is 4.10. The van der Waals surface area contributed by atoms with Gasteiger partial charge in [0.05, 0.1) is 0 Å². The molecule has 0 bridgehead atoms. The van der Waals surface area contributed by atoms with Crippen LogP contribution in [0.3, 0.4) is 0 Å². The molecule has 18 heavy (non-hydrogen) atoms. The van der Waals surface area contributed by atoms with Gasteiger partial charge in [0.1, 0.15) is 6.04 Å². The Morgan fingerprint density at radius 1 is 1.22 bits per heavy atom. The summed E-state index contributed by atoms with van der Waals surface area (Å²) in [6, 6.07) is 0.160. The van der Waals surface area contributed by atoms with E-state index in [1.165, 1.54) is 51.4 Å². The predicted molar refractivity (Wildman–Crippen MR) is 77.2 cm³/mol.